The maximum absolute atomic E-state index is 6.36. The zero-order valence-electron chi connectivity index (χ0n) is 11.0. The fraction of sp³-hybridized carbons (Fsp3) is 0.667. The van der Waals surface area contributed by atoms with Crippen LogP contribution in [0.3, 0.4) is 0 Å². The Morgan fingerprint density at radius 2 is 2.18 bits per heavy atom. The second-order valence-electron chi connectivity index (χ2n) is 5.76. The average Bonchev–Trinajstić information content (AvgIpc) is 2.34. The molecule has 2 nitrogen and oxygen atoms in total. The first-order valence-corrected chi connectivity index (χ1v) is 6.81. The minimum absolute atomic E-state index is 0.300. The first-order valence-electron chi connectivity index (χ1n) is 6.81. The SMILES string of the molecule is CC1CCC(C(N)Cc2cccnc2)CC1C. The number of rotatable bonds is 3. The fourth-order valence-electron chi connectivity index (χ4n) is 2.94. The van der Waals surface area contributed by atoms with Crippen molar-refractivity contribution in [1.82, 2.24) is 4.98 Å². The van der Waals surface area contributed by atoms with Gasteiger partial charge in [0.15, 0.2) is 0 Å². The molecule has 1 aliphatic carbocycles. The Morgan fingerprint density at radius 1 is 1.35 bits per heavy atom. The van der Waals surface area contributed by atoms with E-state index in [9.17, 15) is 0 Å². The van der Waals surface area contributed by atoms with Gasteiger partial charge in [-0.1, -0.05) is 26.3 Å². The maximum atomic E-state index is 6.36. The second-order valence-corrected chi connectivity index (χ2v) is 5.76. The summed E-state index contributed by atoms with van der Waals surface area (Å²) < 4.78 is 0. The highest BCUT2D eigenvalue weighted by atomic mass is 14.7. The van der Waals surface area contributed by atoms with Crippen molar-refractivity contribution >= 4 is 0 Å². The van der Waals surface area contributed by atoms with E-state index in [1.807, 2.05) is 18.5 Å². The molecule has 4 unspecified atom stereocenters. The number of nitrogens with two attached hydrogens (primary N) is 1. The van der Waals surface area contributed by atoms with Crippen LogP contribution in [0.1, 0.15) is 38.7 Å². The molecule has 0 amide bonds. The number of pyridine rings is 1. The highest BCUT2D eigenvalue weighted by molar-refractivity contribution is 5.10. The Kier molecular flexibility index (Phi) is 4.16. The van der Waals surface area contributed by atoms with Crippen LogP contribution in [0.4, 0.5) is 0 Å². The highest BCUT2D eigenvalue weighted by Gasteiger charge is 2.28. The van der Waals surface area contributed by atoms with Gasteiger partial charge in [0.1, 0.15) is 0 Å². The van der Waals surface area contributed by atoms with Crippen LogP contribution in [0, 0.1) is 17.8 Å². The van der Waals surface area contributed by atoms with Gasteiger partial charge in [0, 0.05) is 18.4 Å². The van der Waals surface area contributed by atoms with Crippen molar-refractivity contribution in [2.45, 2.75) is 45.6 Å². The van der Waals surface area contributed by atoms with Gasteiger partial charge in [-0.3, -0.25) is 4.98 Å². The third-order valence-electron chi connectivity index (χ3n) is 4.44. The molecular weight excluding hydrogens is 208 g/mol. The standard InChI is InChI=1S/C15H24N2/c1-11-5-6-14(8-12(11)2)15(16)9-13-4-3-7-17-10-13/h3-4,7,10-12,14-15H,5-6,8-9,16H2,1-2H3. The molecule has 1 fully saturated rings. The minimum Gasteiger partial charge on any atom is -0.327 e. The number of hydrogen-bond donors (Lipinski definition) is 1. The van der Waals surface area contributed by atoms with Crippen molar-refractivity contribution in [2.24, 2.45) is 23.5 Å². The zero-order chi connectivity index (χ0) is 12.3. The lowest BCUT2D eigenvalue weighted by atomic mass is 9.72. The summed E-state index contributed by atoms with van der Waals surface area (Å²) in [5, 5.41) is 0. The summed E-state index contributed by atoms with van der Waals surface area (Å²) in [6.07, 6.45) is 8.66. The van der Waals surface area contributed by atoms with Crippen molar-refractivity contribution in [3.63, 3.8) is 0 Å². The van der Waals surface area contributed by atoms with Crippen LogP contribution in [0.2, 0.25) is 0 Å². The first-order chi connectivity index (χ1) is 8.16. The van der Waals surface area contributed by atoms with Crippen LogP contribution in [0.5, 0.6) is 0 Å². The van der Waals surface area contributed by atoms with E-state index < -0.39 is 0 Å². The van der Waals surface area contributed by atoms with E-state index in [1.165, 1.54) is 24.8 Å². The summed E-state index contributed by atoms with van der Waals surface area (Å²) in [6, 6.07) is 4.42. The number of nitrogens with zero attached hydrogens (tertiary/aromatic N) is 1. The molecule has 0 aromatic carbocycles. The molecule has 17 heavy (non-hydrogen) atoms. The van der Waals surface area contributed by atoms with E-state index in [-0.39, 0.29) is 0 Å². The average molecular weight is 232 g/mol. The third-order valence-corrected chi connectivity index (χ3v) is 4.44. The summed E-state index contributed by atoms with van der Waals surface area (Å²) >= 11 is 0. The van der Waals surface area contributed by atoms with E-state index in [0.29, 0.717) is 12.0 Å². The Bertz CT molecular complexity index is 336. The molecule has 94 valence electrons. The summed E-state index contributed by atoms with van der Waals surface area (Å²) in [5.74, 6) is 2.40. The summed E-state index contributed by atoms with van der Waals surface area (Å²) in [5.41, 5.74) is 7.63. The quantitative estimate of drug-likeness (QED) is 0.870. The number of hydrogen-bond acceptors (Lipinski definition) is 2. The van der Waals surface area contributed by atoms with Gasteiger partial charge in [0.05, 0.1) is 0 Å². The highest BCUT2D eigenvalue weighted by Crippen LogP contribution is 2.35. The molecular formula is C15H24N2. The van der Waals surface area contributed by atoms with Gasteiger partial charge in [0.2, 0.25) is 0 Å². The van der Waals surface area contributed by atoms with Crippen molar-refractivity contribution in [3.05, 3.63) is 30.1 Å². The van der Waals surface area contributed by atoms with Crippen LogP contribution in [0.25, 0.3) is 0 Å². The lowest BCUT2D eigenvalue weighted by Crippen LogP contribution is -2.37. The lowest BCUT2D eigenvalue weighted by Gasteiger charge is -2.35. The van der Waals surface area contributed by atoms with Crippen molar-refractivity contribution in [1.29, 1.82) is 0 Å². The Labute approximate surface area is 105 Å². The van der Waals surface area contributed by atoms with Gasteiger partial charge in [-0.15, -0.1) is 0 Å². The monoisotopic (exact) mass is 232 g/mol. The summed E-state index contributed by atoms with van der Waals surface area (Å²) in [7, 11) is 0. The van der Waals surface area contributed by atoms with E-state index in [1.54, 1.807) is 0 Å². The van der Waals surface area contributed by atoms with Crippen LogP contribution in [-0.4, -0.2) is 11.0 Å². The van der Waals surface area contributed by atoms with Crippen LogP contribution in [0.15, 0.2) is 24.5 Å². The lowest BCUT2D eigenvalue weighted by molar-refractivity contribution is 0.185. The summed E-state index contributed by atoms with van der Waals surface area (Å²) in [6.45, 7) is 4.74. The Morgan fingerprint density at radius 3 is 2.82 bits per heavy atom. The predicted molar refractivity (Wildman–Crippen MR) is 71.6 cm³/mol. The molecule has 0 bridgehead atoms. The van der Waals surface area contributed by atoms with Gasteiger partial charge in [0.25, 0.3) is 0 Å². The van der Waals surface area contributed by atoms with E-state index in [4.69, 9.17) is 5.73 Å². The van der Waals surface area contributed by atoms with Gasteiger partial charge in [-0.05, 0) is 48.6 Å². The Balaban J connectivity index is 1.90. The van der Waals surface area contributed by atoms with Crippen LogP contribution >= 0.6 is 0 Å². The molecule has 1 heterocycles. The molecule has 1 saturated carbocycles. The van der Waals surface area contributed by atoms with Crippen molar-refractivity contribution < 1.29 is 0 Å². The van der Waals surface area contributed by atoms with Gasteiger partial charge < -0.3 is 5.73 Å². The van der Waals surface area contributed by atoms with Gasteiger partial charge in [-0.25, -0.2) is 0 Å². The molecule has 2 N–H and O–H groups in total. The largest absolute Gasteiger partial charge is 0.327 e. The van der Waals surface area contributed by atoms with E-state index >= 15 is 0 Å². The molecule has 0 aliphatic heterocycles. The smallest absolute Gasteiger partial charge is 0.0300 e. The normalized spacial score (nSPS) is 31.1. The molecule has 2 heteroatoms. The molecule has 2 rings (SSSR count). The van der Waals surface area contributed by atoms with Crippen LogP contribution < -0.4 is 5.73 Å². The topological polar surface area (TPSA) is 38.9 Å². The predicted octanol–water partition coefficient (Wildman–Crippen LogP) is 3.02. The fourth-order valence-corrected chi connectivity index (χ4v) is 2.94. The molecule has 0 radical (unpaired) electrons. The maximum Gasteiger partial charge on any atom is 0.0300 e. The van der Waals surface area contributed by atoms with Gasteiger partial charge >= 0.3 is 0 Å². The molecule has 0 spiro atoms. The zero-order valence-corrected chi connectivity index (χ0v) is 11.0. The molecule has 1 aromatic rings. The molecule has 1 aromatic heterocycles. The molecule has 4 atom stereocenters. The van der Waals surface area contributed by atoms with Crippen molar-refractivity contribution in [2.75, 3.05) is 0 Å². The van der Waals surface area contributed by atoms with Gasteiger partial charge in [-0.2, -0.15) is 0 Å². The third kappa shape index (κ3) is 3.29. The minimum atomic E-state index is 0.300. The molecule has 1 aliphatic rings. The summed E-state index contributed by atoms with van der Waals surface area (Å²) in [4.78, 5) is 4.15. The first kappa shape index (κ1) is 12.6. The Hall–Kier alpha value is -0.890. The molecule has 0 saturated heterocycles. The number of aromatic nitrogens is 1. The second kappa shape index (κ2) is 5.63. The van der Waals surface area contributed by atoms with Crippen molar-refractivity contribution in [3.8, 4) is 0 Å². The van der Waals surface area contributed by atoms with E-state index in [2.05, 4.69) is 24.9 Å². The van der Waals surface area contributed by atoms with Crippen LogP contribution in [-0.2, 0) is 6.42 Å². The van der Waals surface area contributed by atoms with E-state index in [0.717, 1.165) is 18.3 Å².